The molecule has 0 radical (unpaired) electrons. The van der Waals surface area contributed by atoms with Gasteiger partial charge in [-0.3, -0.25) is 0 Å². The van der Waals surface area contributed by atoms with Crippen LogP contribution >= 0.6 is 0 Å². The van der Waals surface area contributed by atoms with E-state index in [0.717, 1.165) is 0 Å². The summed E-state index contributed by atoms with van der Waals surface area (Å²) < 4.78 is 0. The standard InChI is InChI=1S/C17H30Si3/c1-18(2,3)16(15-11-9-8-10-12-15)17-19(4,5)13-14-20(17,6)7/h8-12H,13-14H2,1-7H3. The highest BCUT2D eigenvalue weighted by Crippen LogP contribution is 2.47. The molecule has 1 fully saturated rings. The molecule has 3 heteroatoms. The van der Waals surface area contributed by atoms with E-state index in [4.69, 9.17) is 0 Å². The van der Waals surface area contributed by atoms with Gasteiger partial charge < -0.3 is 0 Å². The van der Waals surface area contributed by atoms with Crippen LogP contribution in [0.25, 0.3) is 5.20 Å². The third-order valence-corrected chi connectivity index (χ3v) is 18.1. The van der Waals surface area contributed by atoms with Gasteiger partial charge in [0.1, 0.15) is 0 Å². The molecule has 1 aromatic carbocycles. The van der Waals surface area contributed by atoms with Gasteiger partial charge in [-0.2, -0.15) is 0 Å². The van der Waals surface area contributed by atoms with Gasteiger partial charge in [-0.1, -0.05) is 98.3 Å². The van der Waals surface area contributed by atoms with Gasteiger partial charge in [0.2, 0.25) is 0 Å². The third-order valence-electron chi connectivity index (χ3n) is 4.79. The van der Waals surface area contributed by atoms with Crippen molar-refractivity contribution in [3.63, 3.8) is 0 Å². The minimum atomic E-state index is -1.32. The van der Waals surface area contributed by atoms with Gasteiger partial charge in [0.25, 0.3) is 0 Å². The van der Waals surface area contributed by atoms with Crippen molar-refractivity contribution in [1.29, 1.82) is 0 Å². The van der Waals surface area contributed by atoms with Gasteiger partial charge in [-0.25, -0.2) is 0 Å². The van der Waals surface area contributed by atoms with E-state index in [9.17, 15) is 0 Å². The molecule has 0 nitrogen and oxygen atoms in total. The number of hydrogen-bond donors (Lipinski definition) is 0. The number of benzene rings is 1. The van der Waals surface area contributed by atoms with Crippen LogP contribution in [0, 0.1) is 0 Å². The van der Waals surface area contributed by atoms with E-state index in [2.05, 4.69) is 76.2 Å². The molecule has 0 saturated carbocycles. The summed E-state index contributed by atoms with van der Waals surface area (Å²) in [6, 6.07) is 14.3. The smallest absolute Gasteiger partial charge is 0.0773 e. The second-order valence-electron chi connectivity index (χ2n) is 8.63. The summed E-state index contributed by atoms with van der Waals surface area (Å²) in [5.41, 5.74) is 1.53. The largest absolute Gasteiger partial charge is 0.0908 e. The Hall–Kier alpha value is -0.389. The topological polar surface area (TPSA) is 0 Å². The summed E-state index contributed by atoms with van der Waals surface area (Å²) in [7, 11) is -3.69. The zero-order valence-electron chi connectivity index (χ0n) is 14.3. The van der Waals surface area contributed by atoms with Crippen molar-refractivity contribution >= 4 is 29.4 Å². The van der Waals surface area contributed by atoms with Crippen molar-refractivity contribution in [2.75, 3.05) is 0 Å². The molecule has 1 heterocycles. The van der Waals surface area contributed by atoms with Crippen LogP contribution in [0.3, 0.4) is 0 Å². The minimum absolute atomic E-state index is 1.18. The monoisotopic (exact) mass is 318 g/mol. The molecule has 0 amide bonds. The summed E-state index contributed by atoms with van der Waals surface area (Å²) in [6.07, 6.45) is 0. The average Bonchev–Trinajstić information content (AvgIpc) is 2.52. The van der Waals surface area contributed by atoms with Gasteiger partial charge in [-0.05, 0) is 5.56 Å². The summed E-state index contributed by atoms with van der Waals surface area (Å²) in [5.74, 6) is 0. The SMILES string of the molecule is C[Si](C)(C)C(=C1[Si](C)(C)CC[Si]1(C)C)c1ccccc1. The van der Waals surface area contributed by atoms with Crippen molar-refractivity contribution in [2.45, 2.75) is 57.9 Å². The van der Waals surface area contributed by atoms with Crippen molar-refractivity contribution in [1.82, 2.24) is 0 Å². The Morgan fingerprint density at radius 3 is 1.70 bits per heavy atom. The van der Waals surface area contributed by atoms with E-state index in [0.29, 0.717) is 0 Å². The van der Waals surface area contributed by atoms with Crippen molar-refractivity contribution in [3.05, 3.63) is 40.7 Å². The van der Waals surface area contributed by atoms with Gasteiger partial charge in [0.15, 0.2) is 0 Å². The predicted octanol–water partition coefficient (Wildman–Crippen LogP) is 5.83. The van der Waals surface area contributed by atoms with Crippen LogP contribution in [0.1, 0.15) is 5.56 Å². The third kappa shape index (κ3) is 2.95. The highest BCUT2D eigenvalue weighted by atomic mass is 28.4. The second kappa shape index (κ2) is 5.11. The maximum Gasteiger partial charge on any atom is 0.0773 e. The van der Waals surface area contributed by atoms with Gasteiger partial charge in [0, 0.05) is 0 Å². The Bertz CT molecular complexity index is 501. The van der Waals surface area contributed by atoms with Gasteiger partial charge in [0.05, 0.1) is 24.2 Å². The Morgan fingerprint density at radius 2 is 1.30 bits per heavy atom. The first kappa shape index (κ1) is 16.0. The molecule has 20 heavy (non-hydrogen) atoms. The summed E-state index contributed by atoms with van der Waals surface area (Å²) >= 11 is 0. The fraction of sp³-hybridized carbons (Fsp3) is 0.529. The first-order valence-electron chi connectivity index (χ1n) is 7.87. The highest BCUT2D eigenvalue weighted by molar-refractivity contribution is 7.14. The molecule has 0 atom stereocenters. The zero-order valence-corrected chi connectivity index (χ0v) is 17.3. The van der Waals surface area contributed by atoms with E-state index in [1.807, 2.05) is 10.0 Å². The lowest BCUT2D eigenvalue weighted by atomic mass is 10.2. The first-order valence-corrected chi connectivity index (χ1v) is 17.8. The Morgan fingerprint density at radius 1 is 0.850 bits per heavy atom. The Labute approximate surface area is 128 Å². The van der Waals surface area contributed by atoms with Gasteiger partial charge >= 0.3 is 0 Å². The van der Waals surface area contributed by atoms with Crippen LogP contribution in [-0.2, 0) is 0 Å². The van der Waals surface area contributed by atoms with E-state index in [-0.39, 0.29) is 0 Å². The second-order valence-corrected chi connectivity index (χ2v) is 23.7. The normalized spacial score (nSPS) is 21.1. The molecule has 0 unspecified atom stereocenters. The number of hydrogen-bond acceptors (Lipinski definition) is 0. The van der Waals surface area contributed by atoms with Crippen LogP contribution < -0.4 is 0 Å². The van der Waals surface area contributed by atoms with Gasteiger partial charge in [-0.15, -0.1) is 0 Å². The van der Waals surface area contributed by atoms with Crippen molar-refractivity contribution < 1.29 is 0 Å². The lowest BCUT2D eigenvalue weighted by Gasteiger charge is -2.35. The first-order chi connectivity index (χ1) is 9.06. The molecular weight excluding hydrogens is 288 g/mol. The molecule has 110 valence electrons. The fourth-order valence-electron chi connectivity index (χ4n) is 4.02. The van der Waals surface area contributed by atoms with E-state index >= 15 is 0 Å². The fourth-order valence-corrected chi connectivity index (χ4v) is 25.3. The molecule has 1 aliphatic rings. The molecule has 0 N–H and O–H groups in total. The zero-order chi connectivity index (χ0) is 15.2. The van der Waals surface area contributed by atoms with Crippen LogP contribution in [0.15, 0.2) is 35.2 Å². The molecule has 0 aliphatic carbocycles. The number of rotatable bonds is 2. The van der Waals surface area contributed by atoms with E-state index in [1.54, 1.807) is 0 Å². The lowest BCUT2D eigenvalue weighted by Crippen LogP contribution is -2.40. The van der Waals surface area contributed by atoms with Crippen LogP contribution in [-0.4, -0.2) is 24.2 Å². The molecule has 0 spiro atoms. The maximum absolute atomic E-state index is 2.62. The van der Waals surface area contributed by atoms with Crippen LogP contribution in [0.5, 0.6) is 0 Å². The van der Waals surface area contributed by atoms with E-state index < -0.39 is 24.2 Å². The Balaban J connectivity index is 2.77. The summed E-state index contributed by atoms with van der Waals surface area (Å²) in [6.45, 7) is 18.1. The summed E-state index contributed by atoms with van der Waals surface area (Å²) in [5, 5.41) is 1.82. The van der Waals surface area contributed by atoms with Crippen LogP contribution in [0.2, 0.25) is 57.9 Å². The molecular formula is C17H30Si3. The quantitative estimate of drug-likeness (QED) is 0.602. The highest BCUT2D eigenvalue weighted by Gasteiger charge is 2.47. The van der Waals surface area contributed by atoms with Crippen LogP contribution in [0.4, 0.5) is 0 Å². The van der Waals surface area contributed by atoms with Crippen molar-refractivity contribution in [3.8, 4) is 0 Å². The molecule has 1 saturated heterocycles. The summed E-state index contributed by atoms with van der Waals surface area (Å²) in [4.78, 5) is 2.01. The molecule has 1 aromatic rings. The molecule has 0 bridgehead atoms. The average molecular weight is 319 g/mol. The lowest BCUT2D eigenvalue weighted by molar-refractivity contribution is 1.35. The molecule has 1 aliphatic heterocycles. The van der Waals surface area contributed by atoms with E-state index in [1.165, 1.54) is 17.7 Å². The molecule has 2 rings (SSSR count). The molecule has 0 aromatic heterocycles. The predicted molar refractivity (Wildman–Crippen MR) is 101 cm³/mol. The van der Waals surface area contributed by atoms with Crippen molar-refractivity contribution in [2.24, 2.45) is 0 Å². The Kier molecular flexibility index (Phi) is 4.08. The maximum atomic E-state index is 2.62. The minimum Gasteiger partial charge on any atom is -0.0908 e.